The van der Waals surface area contributed by atoms with Crippen LogP contribution in [0.1, 0.15) is 34.2 Å². The predicted octanol–water partition coefficient (Wildman–Crippen LogP) is 2.82. The lowest BCUT2D eigenvalue weighted by molar-refractivity contribution is 0.0942. The average Bonchev–Trinajstić information content (AvgIpc) is 3.04. The zero-order chi connectivity index (χ0) is 14.1. The number of imidazole rings is 1. The van der Waals surface area contributed by atoms with E-state index >= 15 is 0 Å². The first-order valence-corrected chi connectivity index (χ1v) is 7.18. The van der Waals surface area contributed by atoms with Gasteiger partial charge in [-0.25, -0.2) is 9.97 Å². The largest absolute Gasteiger partial charge is 0.342 e. The Kier molecular flexibility index (Phi) is 3.23. The number of H-pyrrole nitrogens is 1. The lowest BCUT2D eigenvalue weighted by Gasteiger charge is -2.10. The van der Waals surface area contributed by atoms with E-state index in [0.717, 1.165) is 22.6 Å². The highest BCUT2D eigenvalue weighted by Crippen LogP contribution is 2.17. The van der Waals surface area contributed by atoms with Crippen molar-refractivity contribution in [2.75, 3.05) is 0 Å². The number of para-hydroxylation sites is 2. The van der Waals surface area contributed by atoms with E-state index < -0.39 is 0 Å². The third kappa shape index (κ3) is 2.30. The molecule has 6 heteroatoms. The molecule has 0 saturated heterocycles. The molecule has 102 valence electrons. The number of aryl methyl sites for hydroxylation is 1. The summed E-state index contributed by atoms with van der Waals surface area (Å²) < 4.78 is 0. The number of hydrogen-bond donors (Lipinski definition) is 2. The van der Waals surface area contributed by atoms with Gasteiger partial charge in [0.2, 0.25) is 0 Å². The number of benzene rings is 1. The Morgan fingerprint density at radius 3 is 2.90 bits per heavy atom. The minimum absolute atomic E-state index is 0.113. The summed E-state index contributed by atoms with van der Waals surface area (Å²) >= 11 is 1.35. The van der Waals surface area contributed by atoms with Gasteiger partial charge < -0.3 is 10.3 Å². The molecule has 1 amide bonds. The third-order valence-corrected chi connectivity index (χ3v) is 4.04. The van der Waals surface area contributed by atoms with E-state index in [2.05, 4.69) is 20.3 Å². The van der Waals surface area contributed by atoms with Crippen LogP contribution in [0.15, 0.2) is 29.8 Å². The molecule has 0 bridgehead atoms. The second-order valence-electron chi connectivity index (χ2n) is 4.60. The number of hydrogen-bond acceptors (Lipinski definition) is 4. The predicted molar refractivity (Wildman–Crippen MR) is 78.8 cm³/mol. The number of rotatable bonds is 3. The van der Waals surface area contributed by atoms with Crippen molar-refractivity contribution in [2.24, 2.45) is 0 Å². The maximum atomic E-state index is 12.1. The summed E-state index contributed by atoms with van der Waals surface area (Å²) in [5.74, 6) is 0.639. The summed E-state index contributed by atoms with van der Waals surface area (Å²) in [4.78, 5) is 24.6. The number of thiazole rings is 1. The van der Waals surface area contributed by atoms with Gasteiger partial charge in [-0.05, 0) is 26.0 Å². The molecule has 0 fully saturated rings. The molecule has 2 aromatic heterocycles. The Morgan fingerprint density at radius 1 is 1.40 bits per heavy atom. The fraction of sp³-hybridized carbons (Fsp3) is 0.214. The number of carbonyl (C=O) groups is 1. The van der Waals surface area contributed by atoms with Crippen molar-refractivity contribution < 1.29 is 4.79 Å². The van der Waals surface area contributed by atoms with Gasteiger partial charge >= 0.3 is 0 Å². The van der Waals surface area contributed by atoms with Crippen LogP contribution in [-0.2, 0) is 0 Å². The van der Waals surface area contributed by atoms with E-state index in [0.29, 0.717) is 4.88 Å². The molecule has 3 aromatic rings. The van der Waals surface area contributed by atoms with Crippen LogP contribution >= 0.6 is 11.3 Å². The second-order valence-corrected chi connectivity index (χ2v) is 5.46. The summed E-state index contributed by atoms with van der Waals surface area (Å²) in [5, 5.41) is 2.94. The van der Waals surface area contributed by atoms with Crippen LogP contribution in [0.5, 0.6) is 0 Å². The van der Waals surface area contributed by atoms with Crippen LogP contribution in [0.2, 0.25) is 0 Å². The molecule has 0 aliphatic carbocycles. The van der Waals surface area contributed by atoms with Crippen LogP contribution in [0, 0.1) is 6.92 Å². The van der Waals surface area contributed by atoms with Crippen molar-refractivity contribution in [3.63, 3.8) is 0 Å². The number of nitrogens with zero attached hydrogens (tertiary/aromatic N) is 2. The van der Waals surface area contributed by atoms with Gasteiger partial charge in [0.05, 0.1) is 28.3 Å². The van der Waals surface area contributed by atoms with E-state index in [1.54, 1.807) is 5.51 Å². The van der Waals surface area contributed by atoms with E-state index in [1.165, 1.54) is 11.3 Å². The Morgan fingerprint density at radius 2 is 2.20 bits per heavy atom. The lowest BCUT2D eigenvalue weighted by atomic mass is 10.3. The van der Waals surface area contributed by atoms with Gasteiger partial charge in [0.15, 0.2) is 0 Å². The molecule has 20 heavy (non-hydrogen) atoms. The lowest BCUT2D eigenvalue weighted by Crippen LogP contribution is -2.27. The van der Waals surface area contributed by atoms with Crippen molar-refractivity contribution in [2.45, 2.75) is 19.9 Å². The molecule has 5 nitrogen and oxygen atoms in total. The van der Waals surface area contributed by atoms with E-state index in [1.807, 2.05) is 38.1 Å². The molecular weight excluding hydrogens is 272 g/mol. The first-order chi connectivity index (χ1) is 9.65. The molecule has 0 aliphatic rings. The highest BCUT2D eigenvalue weighted by Gasteiger charge is 2.17. The number of fused-ring (bicyclic) bond motifs is 1. The van der Waals surface area contributed by atoms with Crippen LogP contribution in [0.4, 0.5) is 0 Å². The molecule has 0 aliphatic heterocycles. The quantitative estimate of drug-likeness (QED) is 0.777. The summed E-state index contributed by atoms with van der Waals surface area (Å²) in [6.45, 7) is 3.74. The minimum Gasteiger partial charge on any atom is -0.342 e. The van der Waals surface area contributed by atoms with E-state index in [-0.39, 0.29) is 11.9 Å². The Balaban J connectivity index is 1.80. The minimum atomic E-state index is -0.184. The molecule has 0 radical (unpaired) electrons. The molecule has 3 rings (SSSR count). The van der Waals surface area contributed by atoms with Crippen LogP contribution < -0.4 is 5.32 Å². The van der Waals surface area contributed by atoms with Crippen LogP contribution in [-0.4, -0.2) is 20.9 Å². The van der Waals surface area contributed by atoms with Gasteiger partial charge in [0.1, 0.15) is 10.7 Å². The molecule has 1 aromatic carbocycles. The summed E-state index contributed by atoms with van der Waals surface area (Å²) in [5.41, 5.74) is 4.30. The van der Waals surface area contributed by atoms with E-state index in [9.17, 15) is 4.79 Å². The van der Waals surface area contributed by atoms with Gasteiger partial charge in [0.25, 0.3) is 5.91 Å². The fourth-order valence-electron chi connectivity index (χ4n) is 2.03. The molecule has 2 heterocycles. The Hall–Kier alpha value is -2.21. The number of aromatic amines is 1. The van der Waals surface area contributed by atoms with Crippen molar-refractivity contribution in [3.05, 3.63) is 46.2 Å². The van der Waals surface area contributed by atoms with Gasteiger partial charge in [0, 0.05) is 0 Å². The molecular formula is C14H14N4OS. The van der Waals surface area contributed by atoms with Crippen molar-refractivity contribution in [1.29, 1.82) is 0 Å². The summed E-state index contributed by atoms with van der Waals surface area (Å²) in [6.07, 6.45) is 0. The number of amides is 1. The highest BCUT2D eigenvalue weighted by atomic mass is 32.1. The zero-order valence-corrected chi connectivity index (χ0v) is 12.0. The van der Waals surface area contributed by atoms with Crippen molar-refractivity contribution in [3.8, 4) is 0 Å². The Labute approximate surface area is 120 Å². The standard InChI is InChI=1S/C14H14N4OS/c1-8-12(20-7-15-8)14(19)16-9(2)13-17-10-5-3-4-6-11(10)18-13/h3-7,9H,1-2H3,(H,16,19)(H,17,18). The zero-order valence-electron chi connectivity index (χ0n) is 11.2. The molecule has 0 saturated carbocycles. The van der Waals surface area contributed by atoms with Gasteiger partial charge in [-0.2, -0.15) is 0 Å². The maximum absolute atomic E-state index is 12.1. The van der Waals surface area contributed by atoms with Crippen LogP contribution in [0.3, 0.4) is 0 Å². The van der Waals surface area contributed by atoms with Gasteiger partial charge in [-0.3, -0.25) is 4.79 Å². The first kappa shape index (κ1) is 12.8. The number of nitrogens with one attached hydrogen (secondary N) is 2. The monoisotopic (exact) mass is 286 g/mol. The van der Waals surface area contributed by atoms with Crippen molar-refractivity contribution >= 4 is 28.3 Å². The van der Waals surface area contributed by atoms with Gasteiger partial charge in [-0.1, -0.05) is 12.1 Å². The van der Waals surface area contributed by atoms with Gasteiger partial charge in [-0.15, -0.1) is 11.3 Å². The Bertz CT molecular complexity index is 728. The topological polar surface area (TPSA) is 70.7 Å². The number of aromatic nitrogens is 3. The summed E-state index contributed by atoms with van der Waals surface area (Å²) in [7, 11) is 0. The number of carbonyl (C=O) groups excluding carboxylic acids is 1. The second kappa shape index (κ2) is 5.05. The smallest absolute Gasteiger partial charge is 0.263 e. The van der Waals surface area contributed by atoms with Crippen LogP contribution in [0.25, 0.3) is 11.0 Å². The molecule has 2 N–H and O–H groups in total. The highest BCUT2D eigenvalue weighted by molar-refractivity contribution is 7.11. The van der Waals surface area contributed by atoms with Crippen molar-refractivity contribution in [1.82, 2.24) is 20.3 Å². The average molecular weight is 286 g/mol. The van der Waals surface area contributed by atoms with E-state index in [4.69, 9.17) is 0 Å². The fourth-order valence-corrected chi connectivity index (χ4v) is 2.73. The summed E-state index contributed by atoms with van der Waals surface area (Å²) in [6, 6.07) is 7.62. The third-order valence-electron chi connectivity index (χ3n) is 3.12. The molecule has 0 spiro atoms. The maximum Gasteiger partial charge on any atom is 0.263 e. The SMILES string of the molecule is Cc1ncsc1C(=O)NC(C)c1nc2ccccc2[nH]1. The molecule has 1 atom stereocenters. The normalized spacial score (nSPS) is 12.5. The molecule has 1 unspecified atom stereocenters. The first-order valence-electron chi connectivity index (χ1n) is 6.31.